The van der Waals surface area contributed by atoms with Gasteiger partial charge in [-0.25, -0.2) is 9.97 Å². The number of hydrogen-bond donors (Lipinski definition) is 2. The third-order valence-corrected chi connectivity index (χ3v) is 5.34. The van der Waals surface area contributed by atoms with Crippen LogP contribution in [0.5, 0.6) is 0 Å². The second-order valence-corrected chi connectivity index (χ2v) is 7.53. The van der Waals surface area contributed by atoms with Gasteiger partial charge in [0.25, 0.3) is 0 Å². The number of carbonyl (C=O) groups is 2. The number of rotatable bonds is 7. The van der Waals surface area contributed by atoms with Gasteiger partial charge in [-0.2, -0.15) is 0 Å². The Balaban J connectivity index is 1.29. The van der Waals surface area contributed by atoms with E-state index < -0.39 is 5.91 Å². The molecular weight excluding hydrogens is 412 g/mol. The van der Waals surface area contributed by atoms with Gasteiger partial charge in [0.2, 0.25) is 0 Å². The fourth-order valence-corrected chi connectivity index (χ4v) is 3.65. The van der Waals surface area contributed by atoms with Gasteiger partial charge in [-0.1, -0.05) is 24.2 Å². The highest BCUT2D eigenvalue weighted by Gasteiger charge is 2.24. The fourth-order valence-electron chi connectivity index (χ4n) is 3.65. The molecule has 3 aromatic rings. The van der Waals surface area contributed by atoms with E-state index >= 15 is 0 Å². The van der Waals surface area contributed by atoms with Crippen LogP contribution in [0.3, 0.4) is 0 Å². The Hall–Kier alpha value is -3.82. The summed E-state index contributed by atoms with van der Waals surface area (Å²) in [7, 11) is 0. The number of carbonyl (C=O) groups excluding carboxylic acids is 2. The van der Waals surface area contributed by atoms with Crippen LogP contribution in [0, 0.1) is 0 Å². The summed E-state index contributed by atoms with van der Waals surface area (Å²) in [6.07, 6.45) is 7.07. The number of esters is 1. The highest BCUT2D eigenvalue weighted by molar-refractivity contribution is 6.00. The van der Waals surface area contributed by atoms with Crippen molar-refractivity contribution in [3.05, 3.63) is 54.3 Å². The Labute approximate surface area is 184 Å². The van der Waals surface area contributed by atoms with Crippen molar-refractivity contribution in [1.29, 1.82) is 0 Å². The smallest absolute Gasteiger partial charge is 0.321 e. The fraction of sp³-hybridized carbons (Fsp3) is 0.364. The van der Waals surface area contributed by atoms with E-state index in [1.165, 1.54) is 11.9 Å². The monoisotopic (exact) mass is 436 g/mol. The van der Waals surface area contributed by atoms with E-state index in [-0.39, 0.29) is 24.0 Å². The van der Waals surface area contributed by atoms with Crippen LogP contribution in [0.2, 0.25) is 0 Å². The molecule has 0 bridgehead atoms. The van der Waals surface area contributed by atoms with E-state index in [0.717, 1.165) is 25.7 Å². The van der Waals surface area contributed by atoms with Crippen LogP contribution in [0.4, 0.5) is 17.5 Å². The molecule has 0 atom stereocenters. The maximum Gasteiger partial charge on any atom is 0.321 e. The SMILES string of the molecule is CCC(=O)OC1CCC(c2ccc(NC(=O)c3nnc(Nc4ccncn4)o3)cc2)CC1. The van der Waals surface area contributed by atoms with Crippen molar-refractivity contribution in [2.45, 2.75) is 51.0 Å². The van der Waals surface area contributed by atoms with E-state index in [9.17, 15) is 9.59 Å². The van der Waals surface area contributed by atoms with E-state index in [4.69, 9.17) is 9.15 Å². The minimum Gasteiger partial charge on any atom is -0.462 e. The minimum absolute atomic E-state index is 0.0281. The molecular formula is C22H24N6O4. The van der Waals surface area contributed by atoms with Gasteiger partial charge in [0, 0.05) is 18.3 Å². The van der Waals surface area contributed by atoms with E-state index in [0.29, 0.717) is 23.8 Å². The molecule has 0 unspecified atom stereocenters. The molecule has 0 saturated heterocycles. The second-order valence-electron chi connectivity index (χ2n) is 7.53. The van der Waals surface area contributed by atoms with Gasteiger partial charge in [-0.15, -0.1) is 5.10 Å². The molecule has 2 heterocycles. The molecule has 1 aliphatic carbocycles. The van der Waals surface area contributed by atoms with Crippen molar-refractivity contribution in [3.63, 3.8) is 0 Å². The lowest BCUT2D eigenvalue weighted by Gasteiger charge is -2.28. The van der Waals surface area contributed by atoms with Crippen molar-refractivity contribution in [2.75, 3.05) is 10.6 Å². The molecule has 1 amide bonds. The molecule has 2 aromatic heterocycles. The van der Waals surface area contributed by atoms with Crippen LogP contribution < -0.4 is 10.6 Å². The molecule has 0 radical (unpaired) electrons. The lowest BCUT2D eigenvalue weighted by molar-refractivity contribution is -0.150. The highest BCUT2D eigenvalue weighted by atomic mass is 16.5. The molecule has 166 valence electrons. The third-order valence-electron chi connectivity index (χ3n) is 5.34. The standard InChI is InChI=1S/C22H24N6O4/c1-2-19(29)31-17-9-5-15(6-10-17)14-3-7-16(8-4-14)25-20(30)21-27-28-22(32-21)26-18-11-12-23-13-24-18/h3-4,7-8,11-13,15,17H,2,5-6,9-10H2,1H3,(H,25,30)(H,23,24,26,28). The zero-order valence-electron chi connectivity index (χ0n) is 17.7. The number of hydrogen-bond acceptors (Lipinski definition) is 9. The van der Waals surface area contributed by atoms with Crippen LogP contribution in [0.15, 0.2) is 47.3 Å². The first kappa shape index (κ1) is 21.4. The maximum atomic E-state index is 12.4. The van der Waals surface area contributed by atoms with Crippen molar-refractivity contribution in [2.24, 2.45) is 0 Å². The van der Waals surface area contributed by atoms with Gasteiger partial charge in [0.05, 0.1) is 0 Å². The first-order valence-corrected chi connectivity index (χ1v) is 10.6. The topological polar surface area (TPSA) is 132 Å². The number of amides is 1. The first-order chi connectivity index (χ1) is 15.6. The molecule has 1 aromatic carbocycles. The third kappa shape index (κ3) is 5.45. The Kier molecular flexibility index (Phi) is 6.69. The molecule has 1 saturated carbocycles. The number of nitrogens with one attached hydrogen (secondary N) is 2. The summed E-state index contributed by atoms with van der Waals surface area (Å²) in [4.78, 5) is 31.7. The minimum atomic E-state index is -0.501. The summed E-state index contributed by atoms with van der Waals surface area (Å²) >= 11 is 0. The zero-order chi connectivity index (χ0) is 22.3. The molecule has 1 fully saturated rings. The van der Waals surface area contributed by atoms with E-state index in [1.54, 1.807) is 12.3 Å². The van der Waals surface area contributed by atoms with Crippen molar-refractivity contribution in [3.8, 4) is 0 Å². The van der Waals surface area contributed by atoms with E-state index in [2.05, 4.69) is 30.8 Å². The second kappa shape index (κ2) is 9.99. The first-order valence-electron chi connectivity index (χ1n) is 10.6. The Morgan fingerprint density at radius 1 is 1.09 bits per heavy atom. The van der Waals surface area contributed by atoms with Gasteiger partial charge >= 0.3 is 23.8 Å². The summed E-state index contributed by atoms with van der Waals surface area (Å²) in [5, 5.41) is 13.1. The van der Waals surface area contributed by atoms with Gasteiger partial charge in [0.15, 0.2) is 0 Å². The molecule has 10 nitrogen and oxygen atoms in total. The zero-order valence-corrected chi connectivity index (χ0v) is 17.7. The molecule has 4 rings (SSSR count). The summed E-state index contributed by atoms with van der Waals surface area (Å²) in [6, 6.07) is 9.42. The quantitative estimate of drug-likeness (QED) is 0.530. The molecule has 32 heavy (non-hydrogen) atoms. The van der Waals surface area contributed by atoms with Crippen LogP contribution in [-0.4, -0.2) is 38.1 Å². The van der Waals surface area contributed by atoms with Crippen LogP contribution in [-0.2, 0) is 9.53 Å². The summed E-state index contributed by atoms with van der Waals surface area (Å²) in [5.41, 5.74) is 1.84. The average Bonchev–Trinajstić information content (AvgIpc) is 3.29. The van der Waals surface area contributed by atoms with Gasteiger partial charge in [0.1, 0.15) is 18.2 Å². The largest absolute Gasteiger partial charge is 0.462 e. The van der Waals surface area contributed by atoms with Crippen LogP contribution in [0.25, 0.3) is 0 Å². The van der Waals surface area contributed by atoms with Gasteiger partial charge < -0.3 is 14.5 Å². The van der Waals surface area contributed by atoms with Crippen molar-refractivity contribution >= 4 is 29.4 Å². The number of nitrogens with zero attached hydrogens (tertiary/aromatic N) is 4. The van der Waals surface area contributed by atoms with Gasteiger partial charge in [-0.05, 0) is 55.4 Å². The predicted octanol–water partition coefficient (Wildman–Crippen LogP) is 3.83. The maximum absolute atomic E-state index is 12.4. The Morgan fingerprint density at radius 2 is 1.88 bits per heavy atom. The summed E-state index contributed by atoms with van der Waals surface area (Å²) in [6.45, 7) is 1.81. The number of aromatic nitrogens is 4. The number of benzene rings is 1. The van der Waals surface area contributed by atoms with Gasteiger partial charge in [-0.3, -0.25) is 14.9 Å². The Morgan fingerprint density at radius 3 is 2.56 bits per heavy atom. The van der Waals surface area contributed by atoms with Crippen LogP contribution >= 0.6 is 0 Å². The van der Waals surface area contributed by atoms with Crippen molar-refractivity contribution < 1.29 is 18.7 Å². The van der Waals surface area contributed by atoms with Crippen molar-refractivity contribution in [1.82, 2.24) is 20.2 Å². The average molecular weight is 436 g/mol. The normalized spacial score (nSPS) is 18.0. The Bertz CT molecular complexity index is 1050. The molecule has 2 N–H and O–H groups in total. The summed E-state index contributed by atoms with van der Waals surface area (Å²) < 4.78 is 10.8. The highest BCUT2D eigenvalue weighted by Crippen LogP contribution is 2.34. The van der Waals surface area contributed by atoms with E-state index in [1.807, 2.05) is 31.2 Å². The molecule has 1 aliphatic rings. The lowest BCUT2D eigenvalue weighted by Crippen LogP contribution is -2.23. The predicted molar refractivity (Wildman–Crippen MR) is 115 cm³/mol. The molecule has 10 heteroatoms. The molecule has 0 spiro atoms. The number of anilines is 3. The lowest BCUT2D eigenvalue weighted by atomic mass is 9.82. The van der Waals surface area contributed by atoms with Crippen LogP contribution in [0.1, 0.15) is 61.2 Å². The number of ether oxygens (including phenoxy) is 1. The molecule has 0 aliphatic heterocycles. The summed E-state index contributed by atoms with van der Waals surface area (Å²) in [5.74, 6) is 0.1000.